The molecule has 1 nitrogen and oxygen atoms in total. The van der Waals surface area contributed by atoms with Crippen LogP contribution in [-0.2, 0) is 5.41 Å². The SMILES string of the molecule is CC1C=CC(c2ccccc2-c2ccccc2N(c2cccc3c2-c2ccccc2C3(c2ccccc2)c2ccccc2)c2cc3ccccc3c3ccccc23)=C(c2ccccc2)C1. The number of anilines is 3. The quantitative estimate of drug-likeness (QED) is 0.138. The van der Waals surface area contributed by atoms with Gasteiger partial charge in [-0.25, -0.2) is 0 Å². The maximum absolute atomic E-state index is 2.59. The number of hydrogen-bond acceptors (Lipinski definition) is 1. The Balaban J connectivity index is 1.19. The Kier molecular flexibility index (Phi) is 9.50. The fourth-order valence-electron chi connectivity index (χ4n) is 11.1. The first-order valence-electron chi connectivity index (χ1n) is 22.9. The van der Waals surface area contributed by atoms with Gasteiger partial charge in [0, 0.05) is 16.5 Å². The lowest BCUT2D eigenvalue weighted by Gasteiger charge is -2.35. The molecule has 0 aromatic heterocycles. The number of para-hydroxylation sites is 1. The van der Waals surface area contributed by atoms with E-state index in [0.717, 1.165) is 23.5 Å². The van der Waals surface area contributed by atoms with Gasteiger partial charge in [-0.15, -0.1) is 0 Å². The maximum Gasteiger partial charge on any atom is 0.0714 e. The zero-order valence-corrected chi connectivity index (χ0v) is 36.4. The summed E-state index contributed by atoms with van der Waals surface area (Å²) in [7, 11) is 0. The van der Waals surface area contributed by atoms with Gasteiger partial charge in [0.15, 0.2) is 0 Å². The van der Waals surface area contributed by atoms with Crippen molar-refractivity contribution in [3.8, 4) is 22.3 Å². The highest BCUT2D eigenvalue weighted by atomic mass is 15.2. The van der Waals surface area contributed by atoms with E-state index in [9.17, 15) is 0 Å². The highest BCUT2D eigenvalue weighted by molar-refractivity contribution is 6.16. The van der Waals surface area contributed by atoms with Gasteiger partial charge in [0.25, 0.3) is 0 Å². The van der Waals surface area contributed by atoms with Crippen LogP contribution in [-0.4, -0.2) is 0 Å². The first-order valence-corrected chi connectivity index (χ1v) is 22.9. The predicted molar refractivity (Wildman–Crippen MR) is 275 cm³/mol. The summed E-state index contributed by atoms with van der Waals surface area (Å²) >= 11 is 0. The molecular weight excluding hydrogens is 783 g/mol. The van der Waals surface area contributed by atoms with Crippen LogP contribution < -0.4 is 4.90 Å². The van der Waals surface area contributed by atoms with Crippen molar-refractivity contribution in [1.82, 2.24) is 0 Å². The Hall–Kier alpha value is -8.00. The maximum atomic E-state index is 2.59. The summed E-state index contributed by atoms with van der Waals surface area (Å²) < 4.78 is 0. The Bertz CT molecular complexity index is 3430. The Morgan fingerprint density at radius 3 is 1.69 bits per heavy atom. The van der Waals surface area contributed by atoms with E-state index in [-0.39, 0.29) is 0 Å². The van der Waals surface area contributed by atoms with Crippen LogP contribution in [0.15, 0.2) is 249 Å². The van der Waals surface area contributed by atoms with E-state index >= 15 is 0 Å². The molecule has 0 amide bonds. The molecule has 0 fully saturated rings. The van der Waals surface area contributed by atoms with Crippen molar-refractivity contribution in [1.29, 1.82) is 0 Å². The average Bonchev–Trinajstić information content (AvgIpc) is 3.69. The molecule has 0 saturated heterocycles. The second-order valence-corrected chi connectivity index (χ2v) is 17.6. The van der Waals surface area contributed by atoms with Crippen LogP contribution in [0.5, 0.6) is 0 Å². The third-order valence-electron chi connectivity index (χ3n) is 13.9. The van der Waals surface area contributed by atoms with E-state index < -0.39 is 5.41 Å². The lowest BCUT2D eigenvalue weighted by atomic mass is 9.68. The lowest BCUT2D eigenvalue weighted by Crippen LogP contribution is -2.28. The topological polar surface area (TPSA) is 3.24 Å². The molecule has 0 aliphatic heterocycles. The molecule has 65 heavy (non-hydrogen) atoms. The number of rotatable bonds is 8. The van der Waals surface area contributed by atoms with Gasteiger partial charge in [0.2, 0.25) is 0 Å². The van der Waals surface area contributed by atoms with Crippen molar-refractivity contribution in [3.05, 3.63) is 282 Å². The minimum Gasteiger partial charge on any atom is -0.309 e. The highest BCUT2D eigenvalue weighted by Crippen LogP contribution is 2.60. The Labute approximate surface area is 381 Å². The Morgan fingerprint density at radius 2 is 0.954 bits per heavy atom. The average molecular weight is 830 g/mol. The van der Waals surface area contributed by atoms with E-state index in [1.54, 1.807) is 0 Å². The van der Waals surface area contributed by atoms with Crippen molar-refractivity contribution < 1.29 is 0 Å². The van der Waals surface area contributed by atoms with Crippen molar-refractivity contribution in [2.75, 3.05) is 4.90 Å². The molecule has 308 valence electrons. The summed E-state index contributed by atoms with van der Waals surface area (Å²) in [6, 6.07) is 87.7. The van der Waals surface area contributed by atoms with E-state index in [2.05, 4.69) is 261 Å². The fraction of sp³-hybridized carbons (Fsp3) is 0.0625. The number of fused-ring (bicyclic) bond motifs is 6. The zero-order chi connectivity index (χ0) is 43.3. The number of allylic oxidation sites excluding steroid dienone is 4. The van der Waals surface area contributed by atoms with Gasteiger partial charge in [-0.3, -0.25) is 0 Å². The van der Waals surface area contributed by atoms with Gasteiger partial charge in [-0.05, 0) is 102 Å². The van der Waals surface area contributed by atoms with Crippen molar-refractivity contribution in [2.24, 2.45) is 5.92 Å². The van der Waals surface area contributed by atoms with Crippen LogP contribution in [0.25, 0.3) is 54.9 Å². The van der Waals surface area contributed by atoms with Crippen molar-refractivity contribution >= 4 is 49.8 Å². The van der Waals surface area contributed by atoms with Gasteiger partial charge in [0.1, 0.15) is 0 Å². The number of hydrogen-bond donors (Lipinski definition) is 0. The molecule has 0 saturated carbocycles. The third kappa shape index (κ3) is 6.22. The number of benzene rings is 10. The largest absolute Gasteiger partial charge is 0.309 e. The van der Waals surface area contributed by atoms with Crippen LogP contribution in [0.2, 0.25) is 0 Å². The second kappa shape index (κ2) is 16.0. The minimum absolute atomic E-state index is 0.451. The van der Waals surface area contributed by atoms with Crippen LogP contribution in [0, 0.1) is 5.92 Å². The zero-order valence-electron chi connectivity index (χ0n) is 36.4. The summed E-state index contributed by atoms with van der Waals surface area (Å²) in [6.45, 7) is 2.32. The molecule has 1 unspecified atom stereocenters. The molecule has 12 rings (SSSR count). The molecule has 0 bridgehead atoms. The summed E-state index contributed by atoms with van der Waals surface area (Å²) in [4.78, 5) is 2.59. The lowest BCUT2D eigenvalue weighted by molar-refractivity contribution is 0.751. The summed E-state index contributed by atoms with van der Waals surface area (Å²) in [5.74, 6) is 0.451. The van der Waals surface area contributed by atoms with Gasteiger partial charge in [0.05, 0.1) is 22.5 Å². The predicted octanol–water partition coefficient (Wildman–Crippen LogP) is 17.0. The molecule has 2 aliphatic rings. The van der Waals surface area contributed by atoms with Crippen LogP contribution in [0.1, 0.15) is 46.7 Å². The van der Waals surface area contributed by atoms with E-state index in [4.69, 9.17) is 0 Å². The van der Waals surface area contributed by atoms with Crippen molar-refractivity contribution in [2.45, 2.75) is 18.8 Å². The van der Waals surface area contributed by atoms with Gasteiger partial charge >= 0.3 is 0 Å². The monoisotopic (exact) mass is 829 g/mol. The summed E-state index contributed by atoms with van der Waals surface area (Å²) in [5, 5.41) is 4.89. The summed E-state index contributed by atoms with van der Waals surface area (Å²) in [5.41, 5.74) is 18.0. The molecule has 0 heterocycles. The molecule has 0 radical (unpaired) electrons. The van der Waals surface area contributed by atoms with E-state index in [0.29, 0.717) is 5.92 Å². The number of nitrogens with zero attached hydrogens (tertiary/aromatic N) is 1. The van der Waals surface area contributed by atoms with Crippen molar-refractivity contribution in [3.63, 3.8) is 0 Å². The van der Waals surface area contributed by atoms with Gasteiger partial charge in [-0.1, -0.05) is 237 Å². The second-order valence-electron chi connectivity index (χ2n) is 17.6. The molecule has 10 aromatic rings. The van der Waals surface area contributed by atoms with Crippen LogP contribution >= 0.6 is 0 Å². The smallest absolute Gasteiger partial charge is 0.0714 e. The molecule has 10 aromatic carbocycles. The highest BCUT2D eigenvalue weighted by Gasteiger charge is 2.47. The fourth-order valence-corrected chi connectivity index (χ4v) is 11.1. The Morgan fingerprint density at radius 1 is 0.415 bits per heavy atom. The molecule has 0 spiro atoms. The first kappa shape index (κ1) is 38.7. The summed E-state index contributed by atoms with van der Waals surface area (Å²) in [6.07, 6.45) is 5.75. The van der Waals surface area contributed by atoms with Crippen LogP contribution in [0.3, 0.4) is 0 Å². The first-order chi connectivity index (χ1) is 32.2. The van der Waals surface area contributed by atoms with E-state index in [1.807, 2.05) is 0 Å². The van der Waals surface area contributed by atoms with Gasteiger partial charge < -0.3 is 4.90 Å². The molecule has 1 atom stereocenters. The normalized spacial score (nSPS) is 14.9. The molecule has 0 N–H and O–H groups in total. The third-order valence-corrected chi connectivity index (χ3v) is 13.9. The molecule has 1 heteroatoms. The molecular formula is C64H47N. The standard InChI is InChI=1S/C64H47N/c1-44-40-41-53(57(42-44)45-22-5-2-6-23-45)51-31-13-14-32-52(51)54-33-18-20-38-60(54)65(62-43-46-24-11-12-29-49(46)50-30-15-16-34-55(50)62)61-39-21-37-59-63(61)56-35-17-19-36-58(56)64(59,47-25-7-3-8-26-47)48-27-9-4-10-28-48/h2-41,43-44H,42H2,1H3. The minimum atomic E-state index is -0.543. The van der Waals surface area contributed by atoms with E-state index in [1.165, 1.54) is 88.3 Å². The van der Waals surface area contributed by atoms with Crippen LogP contribution in [0.4, 0.5) is 17.1 Å². The van der Waals surface area contributed by atoms with Gasteiger partial charge in [-0.2, -0.15) is 0 Å². The molecule has 2 aliphatic carbocycles.